The third-order valence-electron chi connectivity index (χ3n) is 8.71. The van der Waals surface area contributed by atoms with Crippen LogP contribution in [0.25, 0.3) is 65.0 Å². The van der Waals surface area contributed by atoms with E-state index in [1.165, 1.54) is 42.4 Å². The molecule has 0 radical (unpaired) electrons. The number of oxazole rings is 1. The monoisotopic (exact) mass is 620 g/mol. The summed E-state index contributed by atoms with van der Waals surface area (Å²) in [6.45, 7) is 0. The van der Waals surface area contributed by atoms with Crippen molar-refractivity contribution >= 4 is 59.7 Å². The molecule has 47 heavy (non-hydrogen) atoms. The van der Waals surface area contributed by atoms with Crippen LogP contribution in [0.3, 0.4) is 0 Å². The van der Waals surface area contributed by atoms with Crippen molar-refractivity contribution in [3.8, 4) is 33.7 Å². The predicted molar refractivity (Wildman–Crippen MR) is 198 cm³/mol. The van der Waals surface area contributed by atoms with Crippen LogP contribution < -0.4 is 4.90 Å². The van der Waals surface area contributed by atoms with Gasteiger partial charge in [0.2, 0.25) is 5.89 Å². The zero-order valence-corrected chi connectivity index (χ0v) is 26.2. The number of rotatable bonds is 6. The number of aromatic nitrogens is 1. The SMILES string of the molecule is c1ccc(-c2ccc(N(c3cccc(-c4ccccc4)c3)c3ccc4c(c3)sc3cccc(-c5nc6ccccc6o5)c34)cc2)cc1. The summed E-state index contributed by atoms with van der Waals surface area (Å²) in [6.07, 6.45) is 0. The average Bonchev–Trinajstić information content (AvgIpc) is 3.75. The Morgan fingerprint density at radius 2 is 1.11 bits per heavy atom. The van der Waals surface area contributed by atoms with Crippen LogP contribution in [0, 0.1) is 0 Å². The van der Waals surface area contributed by atoms with E-state index in [1.807, 2.05) is 24.3 Å². The van der Waals surface area contributed by atoms with Crippen LogP contribution in [0.4, 0.5) is 17.1 Å². The summed E-state index contributed by atoms with van der Waals surface area (Å²) in [6, 6.07) is 59.9. The molecular weight excluding hydrogens is 593 g/mol. The standard InChI is InChI=1S/C43H28N2OS/c1-3-11-29(12-4-1)31-21-23-33(24-22-31)45(34-16-9-15-32(27-34)30-13-5-2-6-14-30)35-25-26-36-41(28-35)47-40-20-10-17-37(42(36)40)43-44-38-18-7-8-19-39(38)46-43/h1-28H. The number of hydrogen-bond donors (Lipinski definition) is 0. The van der Waals surface area contributed by atoms with E-state index in [9.17, 15) is 0 Å². The highest BCUT2D eigenvalue weighted by molar-refractivity contribution is 7.26. The zero-order valence-electron chi connectivity index (χ0n) is 25.4. The first-order valence-corrected chi connectivity index (χ1v) is 16.5. The Labute approximate surface area is 276 Å². The van der Waals surface area contributed by atoms with Crippen molar-refractivity contribution in [2.24, 2.45) is 0 Å². The van der Waals surface area contributed by atoms with Crippen molar-refractivity contribution in [1.29, 1.82) is 0 Å². The molecule has 0 unspecified atom stereocenters. The van der Waals surface area contributed by atoms with Crippen LogP contribution in [-0.2, 0) is 0 Å². The molecule has 3 nitrogen and oxygen atoms in total. The van der Waals surface area contributed by atoms with E-state index in [-0.39, 0.29) is 0 Å². The molecule has 0 aliphatic rings. The number of nitrogens with zero attached hydrogens (tertiary/aromatic N) is 2. The van der Waals surface area contributed by atoms with E-state index in [1.54, 1.807) is 11.3 Å². The van der Waals surface area contributed by atoms with Gasteiger partial charge >= 0.3 is 0 Å². The molecule has 4 heteroatoms. The highest BCUT2D eigenvalue weighted by atomic mass is 32.1. The Kier molecular flexibility index (Phi) is 6.65. The number of thiophene rings is 1. The predicted octanol–water partition coefficient (Wildman–Crippen LogP) is 12.7. The Morgan fingerprint density at radius 3 is 1.89 bits per heavy atom. The minimum absolute atomic E-state index is 0.651. The van der Waals surface area contributed by atoms with Crippen LogP contribution >= 0.6 is 11.3 Å². The summed E-state index contributed by atoms with van der Waals surface area (Å²) in [5.41, 5.74) is 10.8. The first-order valence-electron chi connectivity index (χ1n) is 15.7. The zero-order chi connectivity index (χ0) is 31.2. The molecular formula is C43H28N2OS. The van der Waals surface area contributed by atoms with Crippen LogP contribution in [-0.4, -0.2) is 4.98 Å². The summed E-state index contributed by atoms with van der Waals surface area (Å²) < 4.78 is 8.66. The number of benzene rings is 7. The first kappa shape index (κ1) is 27.3. The highest BCUT2D eigenvalue weighted by Gasteiger charge is 2.19. The Bertz CT molecular complexity index is 2480. The fraction of sp³-hybridized carbons (Fsp3) is 0. The summed E-state index contributed by atoms with van der Waals surface area (Å²) in [4.78, 5) is 7.19. The molecule has 0 saturated heterocycles. The van der Waals surface area contributed by atoms with Crippen molar-refractivity contribution in [3.05, 3.63) is 170 Å². The van der Waals surface area contributed by atoms with Gasteiger partial charge in [-0.3, -0.25) is 0 Å². The molecule has 7 aromatic carbocycles. The maximum atomic E-state index is 6.23. The fourth-order valence-corrected chi connectivity index (χ4v) is 7.62. The summed E-state index contributed by atoms with van der Waals surface area (Å²) >= 11 is 1.80. The molecule has 0 aliphatic heterocycles. The maximum Gasteiger partial charge on any atom is 0.227 e. The summed E-state index contributed by atoms with van der Waals surface area (Å²) in [7, 11) is 0. The molecule has 0 bridgehead atoms. The second-order valence-electron chi connectivity index (χ2n) is 11.6. The fourth-order valence-electron chi connectivity index (χ4n) is 6.46. The normalized spacial score (nSPS) is 11.4. The molecule has 2 aromatic heterocycles. The first-order chi connectivity index (χ1) is 23.3. The highest BCUT2D eigenvalue weighted by Crippen LogP contribution is 2.44. The third-order valence-corrected chi connectivity index (χ3v) is 9.83. The lowest BCUT2D eigenvalue weighted by atomic mass is 10.0. The van der Waals surface area contributed by atoms with Gasteiger partial charge < -0.3 is 9.32 Å². The van der Waals surface area contributed by atoms with E-state index < -0.39 is 0 Å². The molecule has 9 aromatic rings. The van der Waals surface area contributed by atoms with Gasteiger partial charge in [-0.2, -0.15) is 0 Å². The second-order valence-corrected chi connectivity index (χ2v) is 12.7. The van der Waals surface area contributed by atoms with E-state index in [0.717, 1.165) is 33.7 Å². The number of anilines is 3. The number of para-hydroxylation sites is 2. The number of fused-ring (bicyclic) bond motifs is 4. The second kappa shape index (κ2) is 11.4. The van der Waals surface area contributed by atoms with Crippen molar-refractivity contribution in [2.45, 2.75) is 0 Å². The van der Waals surface area contributed by atoms with Crippen molar-refractivity contribution < 1.29 is 4.42 Å². The van der Waals surface area contributed by atoms with Crippen molar-refractivity contribution in [1.82, 2.24) is 4.98 Å². The van der Waals surface area contributed by atoms with E-state index in [4.69, 9.17) is 9.40 Å². The molecule has 0 aliphatic carbocycles. The lowest BCUT2D eigenvalue weighted by molar-refractivity contribution is 0.620. The van der Waals surface area contributed by atoms with E-state index in [2.05, 4.69) is 150 Å². The largest absolute Gasteiger partial charge is 0.436 e. The van der Waals surface area contributed by atoms with Gasteiger partial charge in [0.1, 0.15) is 5.52 Å². The van der Waals surface area contributed by atoms with E-state index >= 15 is 0 Å². The summed E-state index contributed by atoms with van der Waals surface area (Å²) in [5.74, 6) is 0.651. The topological polar surface area (TPSA) is 29.3 Å². The minimum Gasteiger partial charge on any atom is -0.436 e. The smallest absolute Gasteiger partial charge is 0.227 e. The molecule has 0 atom stereocenters. The van der Waals surface area contributed by atoms with E-state index in [0.29, 0.717) is 5.89 Å². The Morgan fingerprint density at radius 1 is 0.468 bits per heavy atom. The quantitative estimate of drug-likeness (QED) is 0.185. The van der Waals surface area contributed by atoms with Gasteiger partial charge in [-0.1, -0.05) is 109 Å². The Balaban J connectivity index is 1.19. The van der Waals surface area contributed by atoms with Gasteiger partial charge in [-0.05, 0) is 82.9 Å². The van der Waals surface area contributed by atoms with Crippen molar-refractivity contribution in [3.63, 3.8) is 0 Å². The van der Waals surface area contributed by atoms with Crippen LogP contribution in [0.5, 0.6) is 0 Å². The van der Waals surface area contributed by atoms with Gasteiger partial charge in [0.05, 0.1) is 0 Å². The summed E-state index contributed by atoms with van der Waals surface area (Å²) in [5, 5.41) is 2.37. The van der Waals surface area contributed by atoms with Gasteiger partial charge in [-0.15, -0.1) is 11.3 Å². The molecule has 0 saturated carbocycles. The third kappa shape index (κ3) is 4.96. The molecule has 0 N–H and O–H groups in total. The van der Waals surface area contributed by atoms with Gasteiger partial charge in [-0.25, -0.2) is 4.98 Å². The van der Waals surface area contributed by atoms with Crippen LogP contribution in [0.1, 0.15) is 0 Å². The van der Waals surface area contributed by atoms with Gasteiger partial charge in [0.25, 0.3) is 0 Å². The van der Waals surface area contributed by atoms with Crippen LogP contribution in [0.15, 0.2) is 174 Å². The Hall–Kier alpha value is -5.97. The lowest BCUT2D eigenvalue weighted by Gasteiger charge is -2.26. The maximum absolute atomic E-state index is 6.23. The molecule has 222 valence electrons. The lowest BCUT2D eigenvalue weighted by Crippen LogP contribution is -2.09. The molecule has 0 fully saturated rings. The average molecular weight is 621 g/mol. The molecule has 9 rings (SSSR count). The van der Waals surface area contributed by atoms with Crippen molar-refractivity contribution in [2.75, 3.05) is 4.90 Å². The van der Waals surface area contributed by atoms with Gasteiger partial charge in [0.15, 0.2) is 5.58 Å². The molecule has 2 heterocycles. The minimum atomic E-state index is 0.651. The van der Waals surface area contributed by atoms with Gasteiger partial charge in [0, 0.05) is 42.8 Å². The number of hydrogen-bond acceptors (Lipinski definition) is 4. The molecule has 0 amide bonds. The molecule has 0 spiro atoms. The van der Waals surface area contributed by atoms with Crippen LogP contribution in [0.2, 0.25) is 0 Å².